The highest BCUT2D eigenvalue weighted by atomic mass is 32.2. The summed E-state index contributed by atoms with van der Waals surface area (Å²) in [6.45, 7) is 4.22. The summed E-state index contributed by atoms with van der Waals surface area (Å²) in [6.07, 6.45) is 31.1. The minimum atomic E-state index is 0.352. The van der Waals surface area contributed by atoms with Crippen molar-refractivity contribution in [2.24, 2.45) is 10.9 Å². The average molecular weight is 473 g/mol. The van der Waals surface area contributed by atoms with Crippen LogP contribution in [-0.2, 0) is 9.53 Å². The molecule has 5 heteroatoms. The standard InChI is InChI=1S/C29H32N2O2S/c1-22-8-5-11-25(17-14-22)30-29(31(3)26-12-6-9-23(2)15-18-26)34-28(21-32)20-24-10-7-13-27(33-4)19-16-24/h5-6,8-11,13-22H,7,12H2,1-4H3/b28-20-,30-29-. The van der Waals surface area contributed by atoms with Crippen LogP contribution >= 0.6 is 11.8 Å². The first-order chi connectivity index (χ1) is 16.5. The van der Waals surface area contributed by atoms with Crippen LogP contribution in [0.3, 0.4) is 0 Å². The molecule has 4 nitrogen and oxygen atoms in total. The van der Waals surface area contributed by atoms with Gasteiger partial charge in [-0.15, -0.1) is 0 Å². The van der Waals surface area contributed by atoms with Crippen LogP contribution in [0.15, 0.2) is 123 Å². The van der Waals surface area contributed by atoms with E-state index < -0.39 is 0 Å². The first-order valence-electron chi connectivity index (χ1n) is 11.4. The lowest BCUT2D eigenvalue weighted by Gasteiger charge is -2.23. The predicted molar refractivity (Wildman–Crippen MR) is 145 cm³/mol. The van der Waals surface area contributed by atoms with Gasteiger partial charge in [-0.3, -0.25) is 4.79 Å². The minimum Gasteiger partial charge on any atom is -0.497 e. The molecule has 0 amide bonds. The molecule has 0 aromatic carbocycles. The lowest BCUT2D eigenvalue weighted by atomic mass is 10.2. The molecule has 34 heavy (non-hydrogen) atoms. The number of aldehydes is 1. The van der Waals surface area contributed by atoms with Crippen LogP contribution in [0.5, 0.6) is 0 Å². The molecule has 3 aliphatic rings. The topological polar surface area (TPSA) is 41.9 Å². The van der Waals surface area contributed by atoms with Gasteiger partial charge in [0, 0.05) is 19.2 Å². The van der Waals surface area contributed by atoms with Gasteiger partial charge >= 0.3 is 0 Å². The van der Waals surface area contributed by atoms with Crippen LogP contribution in [0.2, 0.25) is 0 Å². The third kappa shape index (κ3) is 7.63. The van der Waals surface area contributed by atoms with Crippen molar-refractivity contribution in [2.75, 3.05) is 14.2 Å². The summed E-state index contributed by atoms with van der Waals surface area (Å²) >= 11 is 1.37. The maximum absolute atomic E-state index is 12.1. The highest BCUT2D eigenvalue weighted by molar-refractivity contribution is 8.17. The van der Waals surface area contributed by atoms with E-state index in [1.165, 1.54) is 17.3 Å². The van der Waals surface area contributed by atoms with E-state index in [1.807, 2.05) is 49.6 Å². The predicted octanol–water partition coefficient (Wildman–Crippen LogP) is 6.94. The molecule has 0 aromatic rings. The van der Waals surface area contributed by atoms with Gasteiger partial charge in [-0.2, -0.15) is 0 Å². The molecule has 1 unspecified atom stereocenters. The first kappa shape index (κ1) is 25.3. The van der Waals surface area contributed by atoms with E-state index in [-0.39, 0.29) is 0 Å². The molecule has 0 radical (unpaired) electrons. The second-order valence-corrected chi connectivity index (χ2v) is 9.21. The number of hydrogen-bond donors (Lipinski definition) is 0. The monoisotopic (exact) mass is 472 g/mol. The fraction of sp³-hybridized carbons (Fsp3) is 0.241. The fourth-order valence-corrected chi connectivity index (χ4v) is 4.24. The highest BCUT2D eigenvalue weighted by Crippen LogP contribution is 2.27. The maximum atomic E-state index is 12.1. The van der Waals surface area contributed by atoms with Gasteiger partial charge in [0.25, 0.3) is 0 Å². The van der Waals surface area contributed by atoms with Crippen LogP contribution in [0.25, 0.3) is 0 Å². The van der Waals surface area contributed by atoms with Crippen molar-refractivity contribution in [3.8, 4) is 0 Å². The average Bonchev–Trinajstić information content (AvgIpc) is 3.29. The Morgan fingerprint density at radius 1 is 1.15 bits per heavy atom. The second-order valence-electron chi connectivity index (χ2n) is 8.17. The molecule has 1 atom stereocenters. The van der Waals surface area contributed by atoms with Crippen molar-refractivity contribution < 1.29 is 9.53 Å². The van der Waals surface area contributed by atoms with Crippen LogP contribution in [0.1, 0.15) is 26.7 Å². The van der Waals surface area contributed by atoms with Crippen molar-refractivity contribution in [2.45, 2.75) is 26.7 Å². The van der Waals surface area contributed by atoms with Crippen molar-refractivity contribution in [3.63, 3.8) is 0 Å². The van der Waals surface area contributed by atoms with E-state index in [4.69, 9.17) is 9.73 Å². The maximum Gasteiger partial charge on any atom is 0.173 e. The molecular formula is C29H32N2O2S. The molecule has 0 bridgehead atoms. The minimum absolute atomic E-state index is 0.352. The van der Waals surface area contributed by atoms with Crippen LogP contribution < -0.4 is 0 Å². The second kappa shape index (κ2) is 12.8. The molecule has 0 saturated heterocycles. The summed E-state index contributed by atoms with van der Waals surface area (Å²) in [7, 11) is 3.66. The molecule has 0 spiro atoms. The normalized spacial score (nSPS) is 20.8. The van der Waals surface area contributed by atoms with Crippen molar-refractivity contribution in [1.29, 1.82) is 0 Å². The van der Waals surface area contributed by atoms with Gasteiger partial charge in [-0.25, -0.2) is 4.99 Å². The molecule has 0 aromatic heterocycles. The van der Waals surface area contributed by atoms with Gasteiger partial charge in [0.15, 0.2) is 11.5 Å². The number of thioether (sulfide) groups is 1. The Bertz CT molecular complexity index is 1120. The molecule has 0 fully saturated rings. The summed E-state index contributed by atoms with van der Waals surface area (Å²) in [5.41, 5.74) is 4.11. The number of hydrogen-bond acceptors (Lipinski definition) is 4. The number of allylic oxidation sites excluding steroid dienone is 17. The smallest absolute Gasteiger partial charge is 0.173 e. The fourth-order valence-electron chi connectivity index (χ4n) is 3.38. The summed E-state index contributed by atoms with van der Waals surface area (Å²) in [4.78, 5) is 19.7. The zero-order valence-electron chi connectivity index (χ0n) is 20.3. The van der Waals surface area contributed by atoms with Crippen LogP contribution in [0.4, 0.5) is 0 Å². The lowest BCUT2D eigenvalue weighted by molar-refractivity contribution is -0.104. The largest absolute Gasteiger partial charge is 0.497 e. The summed E-state index contributed by atoms with van der Waals surface area (Å²) in [5.74, 6) is 1.17. The van der Waals surface area contributed by atoms with Gasteiger partial charge in [-0.05, 0) is 73.1 Å². The third-order valence-corrected chi connectivity index (χ3v) is 6.42. The number of amidine groups is 1. The number of rotatable bonds is 6. The van der Waals surface area contributed by atoms with Crippen LogP contribution in [0, 0.1) is 5.92 Å². The molecule has 0 heterocycles. The van der Waals surface area contributed by atoms with E-state index in [1.54, 1.807) is 7.11 Å². The van der Waals surface area contributed by atoms with E-state index >= 15 is 0 Å². The zero-order chi connectivity index (χ0) is 24.3. The molecule has 176 valence electrons. The van der Waals surface area contributed by atoms with E-state index in [0.29, 0.717) is 10.8 Å². The number of carbonyl (C=O) groups excluding carboxylic acids is 1. The Morgan fingerprint density at radius 2 is 2.00 bits per heavy atom. The summed E-state index contributed by atoms with van der Waals surface area (Å²) in [6, 6.07) is 0. The van der Waals surface area contributed by atoms with Gasteiger partial charge in [-0.1, -0.05) is 61.1 Å². The molecule has 0 aliphatic heterocycles. The Morgan fingerprint density at radius 3 is 2.79 bits per heavy atom. The first-order valence-corrected chi connectivity index (χ1v) is 12.2. The lowest BCUT2D eigenvalue weighted by Crippen LogP contribution is -2.24. The Hall–Kier alpha value is -3.31. The van der Waals surface area contributed by atoms with Gasteiger partial charge < -0.3 is 9.64 Å². The van der Waals surface area contributed by atoms with Crippen LogP contribution in [-0.4, -0.2) is 30.5 Å². The van der Waals surface area contributed by atoms with E-state index in [9.17, 15) is 4.79 Å². The van der Waals surface area contributed by atoms with Gasteiger partial charge in [0.2, 0.25) is 0 Å². The Balaban J connectivity index is 1.94. The number of methoxy groups -OCH3 is 1. The molecule has 3 rings (SSSR count). The number of aliphatic imine (C=N–C) groups is 1. The van der Waals surface area contributed by atoms with Crippen molar-refractivity contribution in [1.82, 2.24) is 4.90 Å². The summed E-state index contributed by atoms with van der Waals surface area (Å²) in [5, 5.41) is 0.735. The number of nitrogens with zero attached hydrogens (tertiary/aromatic N) is 2. The summed E-state index contributed by atoms with van der Waals surface area (Å²) < 4.78 is 5.32. The number of carbonyl (C=O) groups is 1. The Kier molecular flexibility index (Phi) is 9.53. The van der Waals surface area contributed by atoms with E-state index in [2.05, 4.69) is 61.3 Å². The van der Waals surface area contributed by atoms with Gasteiger partial charge in [0.05, 0.1) is 17.7 Å². The Labute approximate surface area is 207 Å². The van der Waals surface area contributed by atoms with Crippen molar-refractivity contribution in [3.05, 3.63) is 118 Å². The van der Waals surface area contributed by atoms with E-state index in [0.717, 1.165) is 47.0 Å². The zero-order valence-corrected chi connectivity index (χ0v) is 21.1. The van der Waals surface area contributed by atoms with Crippen molar-refractivity contribution >= 4 is 23.2 Å². The molecular weight excluding hydrogens is 440 g/mol. The number of ether oxygens (including phenoxy) is 1. The quantitative estimate of drug-likeness (QED) is 0.182. The SMILES string of the molecule is COC1=CCC=C(/C=C(/C=O)S/C(=N\C2=CC=CC(C)C=C2)N(C)C2=CC=C(C)C=CC2)C=C1. The molecule has 3 aliphatic carbocycles. The highest BCUT2D eigenvalue weighted by Gasteiger charge is 2.16. The van der Waals surface area contributed by atoms with Gasteiger partial charge in [0.1, 0.15) is 5.76 Å². The third-order valence-electron chi connectivity index (χ3n) is 5.42. The molecule has 0 N–H and O–H groups in total. The molecule has 0 saturated carbocycles.